The second kappa shape index (κ2) is 4.77. The van der Waals surface area contributed by atoms with Crippen molar-refractivity contribution in [2.75, 3.05) is 5.73 Å². The molecule has 0 saturated heterocycles. The van der Waals surface area contributed by atoms with Gasteiger partial charge in [-0.15, -0.1) is 0 Å². The first-order valence-electron chi connectivity index (χ1n) is 5.37. The first-order valence-corrected chi connectivity index (χ1v) is 5.37. The summed E-state index contributed by atoms with van der Waals surface area (Å²) in [5, 5.41) is 20.0. The van der Waals surface area contributed by atoms with Crippen LogP contribution in [0.25, 0.3) is 11.1 Å². The predicted molar refractivity (Wildman–Crippen MR) is 69.9 cm³/mol. The number of nitro benzene ring substituents is 1. The number of nitrogen functional groups attached to an aromatic ring is 1. The van der Waals surface area contributed by atoms with Gasteiger partial charge in [0.2, 0.25) is 0 Å². The van der Waals surface area contributed by atoms with Crippen molar-refractivity contribution < 1.29 is 14.8 Å². The largest absolute Gasteiger partial charge is 0.478 e. The Morgan fingerprint density at radius 3 is 2.37 bits per heavy atom. The van der Waals surface area contributed by atoms with E-state index in [4.69, 9.17) is 5.73 Å². The van der Waals surface area contributed by atoms with E-state index in [2.05, 4.69) is 0 Å². The fourth-order valence-electron chi connectivity index (χ4n) is 1.84. The lowest BCUT2D eigenvalue weighted by molar-refractivity contribution is -0.384. The molecule has 0 spiro atoms. The van der Waals surface area contributed by atoms with Gasteiger partial charge in [-0.05, 0) is 5.56 Å². The smallest absolute Gasteiger partial charge is 0.338 e. The van der Waals surface area contributed by atoms with E-state index in [1.54, 1.807) is 30.3 Å². The van der Waals surface area contributed by atoms with E-state index in [1.807, 2.05) is 0 Å². The molecule has 0 aromatic heterocycles. The van der Waals surface area contributed by atoms with E-state index < -0.39 is 10.9 Å². The minimum atomic E-state index is -1.22. The van der Waals surface area contributed by atoms with E-state index in [0.717, 1.165) is 6.07 Å². The van der Waals surface area contributed by atoms with Gasteiger partial charge in [-0.3, -0.25) is 10.1 Å². The lowest BCUT2D eigenvalue weighted by atomic mass is 9.97. The van der Waals surface area contributed by atoms with Crippen molar-refractivity contribution in [3.8, 4) is 11.1 Å². The van der Waals surface area contributed by atoms with Crippen molar-refractivity contribution in [1.82, 2.24) is 0 Å². The normalized spacial score (nSPS) is 10.1. The molecule has 0 aliphatic rings. The SMILES string of the molecule is Nc1cc([N+](=O)[O-])cc(-c2ccccc2)c1C(=O)O. The second-order valence-electron chi connectivity index (χ2n) is 3.89. The van der Waals surface area contributed by atoms with Crippen LogP contribution in [0.2, 0.25) is 0 Å². The molecule has 19 heavy (non-hydrogen) atoms. The van der Waals surface area contributed by atoms with Gasteiger partial charge >= 0.3 is 5.97 Å². The Labute approximate surface area is 108 Å². The molecule has 0 amide bonds. The van der Waals surface area contributed by atoms with E-state index >= 15 is 0 Å². The summed E-state index contributed by atoms with van der Waals surface area (Å²) in [6.07, 6.45) is 0. The molecule has 6 nitrogen and oxygen atoms in total. The van der Waals surface area contributed by atoms with Crippen LogP contribution in [0, 0.1) is 10.1 Å². The highest BCUT2D eigenvalue weighted by Crippen LogP contribution is 2.32. The predicted octanol–water partition coefficient (Wildman–Crippen LogP) is 2.54. The van der Waals surface area contributed by atoms with Crippen LogP contribution in [-0.2, 0) is 0 Å². The summed E-state index contributed by atoms with van der Waals surface area (Å²) < 4.78 is 0. The maximum atomic E-state index is 11.2. The van der Waals surface area contributed by atoms with Gasteiger partial charge in [-0.25, -0.2) is 4.79 Å². The Bertz CT molecular complexity index is 653. The van der Waals surface area contributed by atoms with Crippen LogP contribution in [0.3, 0.4) is 0 Å². The minimum absolute atomic E-state index is 0.124. The first-order chi connectivity index (χ1) is 9.00. The van der Waals surface area contributed by atoms with Gasteiger partial charge in [0.25, 0.3) is 5.69 Å². The zero-order valence-corrected chi connectivity index (χ0v) is 9.74. The van der Waals surface area contributed by atoms with Crippen molar-refractivity contribution in [2.45, 2.75) is 0 Å². The molecule has 0 aliphatic heterocycles. The Hall–Kier alpha value is -2.89. The van der Waals surface area contributed by atoms with E-state index in [-0.39, 0.29) is 22.5 Å². The van der Waals surface area contributed by atoms with Crippen molar-refractivity contribution in [3.63, 3.8) is 0 Å². The molecule has 0 aliphatic carbocycles. The third-order valence-electron chi connectivity index (χ3n) is 2.66. The van der Waals surface area contributed by atoms with Crippen LogP contribution in [-0.4, -0.2) is 16.0 Å². The number of hydrogen-bond donors (Lipinski definition) is 2. The van der Waals surface area contributed by atoms with Gasteiger partial charge in [0, 0.05) is 17.7 Å². The molecule has 0 fully saturated rings. The number of carboxylic acid groups (broad SMARTS) is 1. The average Bonchev–Trinajstić information content (AvgIpc) is 2.38. The van der Waals surface area contributed by atoms with Gasteiger partial charge in [0.15, 0.2) is 0 Å². The molecule has 6 heteroatoms. The van der Waals surface area contributed by atoms with Crippen LogP contribution in [0.5, 0.6) is 0 Å². The van der Waals surface area contributed by atoms with E-state index in [0.29, 0.717) is 5.56 Å². The molecule has 2 aromatic carbocycles. The van der Waals surface area contributed by atoms with Gasteiger partial charge in [-0.2, -0.15) is 0 Å². The maximum absolute atomic E-state index is 11.2. The Morgan fingerprint density at radius 1 is 1.21 bits per heavy atom. The van der Waals surface area contributed by atoms with Crippen LogP contribution in [0.1, 0.15) is 10.4 Å². The third-order valence-corrected chi connectivity index (χ3v) is 2.66. The Kier molecular flexibility index (Phi) is 3.15. The molecule has 0 unspecified atom stereocenters. The van der Waals surface area contributed by atoms with Gasteiger partial charge in [-0.1, -0.05) is 30.3 Å². The van der Waals surface area contributed by atoms with Gasteiger partial charge < -0.3 is 10.8 Å². The van der Waals surface area contributed by atoms with E-state index in [9.17, 15) is 20.0 Å². The van der Waals surface area contributed by atoms with E-state index in [1.165, 1.54) is 6.07 Å². The lowest BCUT2D eigenvalue weighted by Gasteiger charge is -2.09. The lowest BCUT2D eigenvalue weighted by Crippen LogP contribution is -2.06. The monoisotopic (exact) mass is 258 g/mol. The van der Waals surface area contributed by atoms with Crippen LogP contribution >= 0.6 is 0 Å². The number of anilines is 1. The summed E-state index contributed by atoms with van der Waals surface area (Å²) in [6, 6.07) is 10.8. The average molecular weight is 258 g/mol. The summed E-state index contributed by atoms with van der Waals surface area (Å²) in [4.78, 5) is 21.5. The number of rotatable bonds is 3. The van der Waals surface area contributed by atoms with Crippen molar-refractivity contribution in [1.29, 1.82) is 0 Å². The number of aromatic carboxylic acids is 1. The third kappa shape index (κ3) is 2.37. The van der Waals surface area contributed by atoms with Crippen molar-refractivity contribution in [3.05, 3.63) is 58.1 Å². The highest BCUT2D eigenvalue weighted by atomic mass is 16.6. The van der Waals surface area contributed by atoms with Gasteiger partial charge in [0.1, 0.15) is 0 Å². The highest BCUT2D eigenvalue weighted by Gasteiger charge is 2.20. The summed E-state index contributed by atoms with van der Waals surface area (Å²) in [6.45, 7) is 0. The number of hydrogen-bond acceptors (Lipinski definition) is 4. The number of benzene rings is 2. The molecule has 2 aromatic rings. The number of nitrogens with zero attached hydrogens (tertiary/aromatic N) is 1. The van der Waals surface area contributed by atoms with Crippen molar-refractivity contribution in [2.24, 2.45) is 0 Å². The van der Waals surface area contributed by atoms with Crippen LogP contribution < -0.4 is 5.73 Å². The van der Waals surface area contributed by atoms with Crippen LogP contribution in [0.15, 0.2) is 42.5 Å². The first kappa shape index (κ1) is 12.6. The summed E-state index contributed by atoms with van der Waals surface area (Å²) in [7, 11) is 0. The molecule has 0 heterocycles. The molecular formula is C13H10N2O4. The maximum Gasteiger partial charge on any atom is 0.338 e. The Balaban J connectivity index is 2.76. The molecule has 0 saturated carbocycles. The molecule has 3 N–H and O–H groups in total. The zero-order chi connectivity index (χ0) is 14.0. The zero-order valence-electron chi connectivity index (χ0n) is 9.74. The fraction of sp³-hybridized carbons (Fsp3) is 0. The second-order valence-corrected chi connectivity index (χ2v) is 3.89. The van der Waals surface area contributed by atoms with Crippen molar-refractivity contribution >= 4 is 17.3 Å². The molecule has 96 valence electrons. The number of non-ortho nitro benzene ring substituents is 1. The van der Waals surface area contributed by atoms with Crippen LogP contribution in [0.4, 0.5) is 11.4 Å². The fourth-order valence-corrected chi connectivity index (χ4v) is 1.84. The summed E-state index contributed by atoms with van der Waals surface area (Å²) >= 11 is 0. The highest BCUT2D eigenvalue weighted by molar-refractivity contribution is 6.02. The number of carbonyl (C=O) groups is 1. The van der Waals surface area contributed by atoms with Gasteiger partial charge in [0.05, 0.1) is 16.2 Å². The molecule has 0 atom stereocenters. The molecule has 0 bridgehead atoms. The molecule has 0 radical (unpaired) electrons. The number of nitrogens with two attached hydrogens (primary N) is 1. The Morgan fingerprint density at radius 2 is 1.84 bits per heavy atom. The molecular weight excluding hydrogens is 248 g/mol. The standard InChI is InChI=1S/C13H10N2O4/c14-11-7-9(15(18)19)6-10(12(11)13(16)17)8-4-2-1-3-5-8/h1-7H,14H2,(H,16,17). The number of nitro groups is 1. The molecule has 2 rings (SSSR count). The number of carboxylic acids is 1. The quantitative estimate of drug-likeness (QED) is 0.499. The minimum Gasteiger partial charge on any atom is -0.478 e. The summed E-state index contributed by atoms with van der Waals surface area (Å²) in [5.41, 5.74) is 5.93. The summed E-state index contributed by atoms with van der Waals surface area (Å²) in [5.74, 6) is -1.22. The topological polar surface area (TPSA) is 106 Å².